The SMILES string of the molecule is Cc1cc(O)c(CN)c(=O)[nH]1. The van der Waals surface area contributed by atoms with Gasteiger partial charge in [-0.1, -0.05) is 0 Å². The van der Waals surface area contributed by atoms with Crippen LogP contribution in [0.15, 0.2) is 10.9 Å². The molecule has 11 heavy (non-hydrogen) atoms. The van der Waals surface area contributed by atoms with E-state index in [2.05, 4.69) is 4.98 Å². The lowest BCUT2D eigenvalue weighted by Gasteiger charge is -2.00. The Morgan fingerprint density at radius 3 is 2.82 bits per heavy atom. The third-order valence-corrected chi connectivity index (χ3v) is 1.45. The van der Waals surface area contributed by atoms with Crippen molar-refractivity contribution in [2.75, 3.05) is 0 Å². The molecule has 0 fully saturated rings. The third-order valence-electron chi connectivity index (χ3n) is 1.45. The molecule has 0 aromatic carbocycles. The summed E-state index contributed by atoms with van der Waals surface area (Å²) in [4.78, 5) is 13.5. The van der Waals surface area contributed by atoms with Crippen LogP contribution in [0.5, 0.6) is 5.75 Å². The number of nitrogens with one attached hydrogen (secondary N) is 1. The number of aromatic nitrogens is 1. The zero-order chi connectivity index (χ0) is 8.43. The lowest BCUT2D eigenvalue weighted by molar-refractivity contribution is 0.465. The number of nitrogens with two attached hydrogens (primary N) is 1. The number of rotatable bonds is 1. The second kappa shape index (κ2) is 2.75. The average molecular weight is 154 g/mol. The first-order chi connectivity index (χ1) is 5.15. The molecule has 0 atom stereocenters. The Morgan fingerprint density at radius 1 is 1.73 bits per heavy atom. The summed E-state index contributed by atoms with van der Waals surface area (Å²) < 4.78 is 0. The molecule has 0 unspecified atom stereocenters. The fourth-order valence-electron chi connectivity index (χ4n) is 0.896. The summed E-state index contributed by atoms with van der Waals surface area (Å²) in [6.45, 7) is 1.75. The van der Waals surface area contributed by atoms with Crippen molar-refractivity contribution in [2.45, 2.75) is 13.5 Å². The van der Waals surface area contributed by atoms with Gasteiger partial charge < -0.3 is 15.8 Å². The second-order valence-corrected chi connectivity index (χ2v) is 2.35. The number of aromatic amines is 1. The normalized spacial score (nSPS) is 10.0. The minimum absolute atomic E-state index is 0.0336. The number of H-pyrrole nitrogens is 1. The lowest BCUT2D eigenvalue weighted by atomic mass is 10.2. The van der Waals surface area contributed by atoms with E-state index in [4.69, 9.17) is 5.73 Å². The molecular formula is C7H10N2O2. The van der Waals surface area contributed by atoms with Gasteiger partial charge in [-0.2, -0.15) is 0 Å². The first kappa shape index (κ1) is 7.81. The van der Waals surface area contributed by atoms with E-state index >= 15 is 0 Å². The first-order valence-electron chi connectivity index (χ1n) is 3.27. The van der Waals surface area contributed by atoms with Crippen molar-refractivity contribution >= 4 is 0 Å². The maximum Gasteiger partial charge on any atom is 0.256 e. The van der Waals surface area contributed by atoms with Gasteiger partial charge in [-0.3, -0.25) is 4.79 Å². The van der Waals surface area contributed by atoms with E-state index in [0.717, 1.165) is 0 Å². The summed E-state index contributed by atoms with van der Waals surface area (Å²) in [6.07, 6.45) is 0. The molecule has 1 aromatic heterocycles. The van der Waals surface area contributed by atoms with Crippen LogP contribution in [0, 0.1) is 6.92 Å². The van der Waals surface area contributed by atoms with Gasteiger partial charge in [0.15, 0.2) is 0 Å². The van der Waals surface area contributed by atoms with E-state index in [0.29, 0.717) is 5.69 Å². The number of hydrogen-bond donors (Lipinski definition) is 3. The maximum atomic E-state index is 11.0. The van der Waals surface area contributed by atoms with Gasteiger partial charge in [-0.15, -0.1) is 0 Å². The van der Waals surface area contributed by atoms with Crippen LogP contribution in [-0.4, -0.2) is 10.1 Å². The molecule has 0 bridgehead atoms. The smallest absolute Gasteiger partial charge is 0.256 e. The van der Waals surface area contributed by atoms with Gasteiger partial charge in [0.1, 0.15) is 5.75 Å². The summed E-state index contributed by atoms with van der Waals surface area (Å²) in [7, 11) is 0. The number of aromatic hydroxyl groups is 1. The Labute approximate surface area is 63.7 Å². The van der Waals surface area contributed by atoms with Crippen molar-refractivity contribution in [3.63, 3.8) is 0 Å². The average Bonchev–Trinajstić information content (AvgIpc) is 1.85. The van der Waals surface area contributed by atoms with Crippen molar-refractivity contribution in [1.29, 1.82) is 0 Å². The second-order valence-electron chi connectivity index (χ2n) is 2.35. The Balaban J connectivity index is 3.37. The van der Waals surface area contributed by atoms with E-state index in [-0.39, 0.29) is 23.4 Å². The molecule has 1 heterocycles. The molecule has 1 rings (SSSR count). The largest absolute Gasteiger partial charge is 0.507 e. The molecule has 0 aliphatic carbocycles. The van der Waals surface area contributed by atoms with Gasteiger partial charge in [0, 0.05) is 12.2 Å². The highest BCUT2D eigenvalue weighted by Gasteiger charge is 2.03. The van der Waals surface area contributed by atoms with Crippen molar-refractivity contribution in [3.05, 3.63) is 27.7 Å². The van der Waals surface area contributed by atoms with E-state index in [1.54, 1.807) is 6.92 Å². The maximum absolute atomic E-state index is 11.0. The molecule has 0 radical (unpaired) electrons. The van der Waals surface area contributed by atoms with Crippen molar-refractivity contribution < 1.29 is 5.11 Å². The zero-order valence-corrected chi connectivity index (χ0v) is 6.22. The summed E-state index contributed by atoms with van der Waals surface area (Å²) >= 11 is 0. The molecule has 4 heteroatoms. The summed E-state index contributed by atoms with van der Waals surface area (Å²) in [5, 5.41) is 9.17. The molecule has 0 aliphatic heterocycles. The van der Waals surface area contributed by atoms with E-state index in [1.165, 1.54) is 6.07 Å². The molecule has 0 amide bonds. The van der Waals surface area contributed by atoms with Gasteiger partial charge in [0.25, 0.3) is 5.56 Å². The van der Waals surface area contributed by atoms with Crippen LogP contribution in [0.1, 0.15) is 11.3 Å². The lowest BCUT2D eigenvalue weighted by Crippen LogP contribution is -2.16. The Kier molecular flexibility index (Phi) is 1.96. The van der Waals surface area contributed by atoms with Gasteiger partial charge in [0.05, 0.1) is 5.56 Å². The first-order valence-corrected chi connectivity index (χ1v) is 3.27. The van der Waals surface area contributed by atoms with Crippen LogP contribution in [0.3, 0.4) is 0 Å². The topological polar surface area (TPSA) is 79.1 Å². The summed E-state index contributed by atoms with van der Waals surface area (Å²) in [5.74, 6) is -0.0336. The van der Waals surface area contributed by atoms with Crippen LogP contribution in [-0.2, 0) is 6.54 Å². The Hall–Kier alpha value is -1.29. The van der Waals surface area contributed by atoms with Crippen LogP contribution < -0.4 is 11.3 Å². The number of hydrogen-bond acceptors (Lipinski definition) is 3. The summed E-state index contributed by atoms with van der Waals surface area (Å²) in [6, 6.07) is 1.48. The van der Waals surface area contributed by atoms with Crippen LogP contribution in [0.4, 0.5) is 0 Å². The molecule has 0 saturated carbocycles. The number of pyridine rings is 1. The van der Waals surface area contributed by atoms with Gasteiger partial charge in [-0.25, -0.2) is 0 Å². The third kappa shape index (κ3) is 1.40. The fraction of sp³-hybridized carbons (Fsp3) is 0.286. The van der Waals surface area contributed by atoms with Gasteiger partial charge in [0.2, 0.25) is 0 Å². The fourth-order valence-corrected chi connectivity index (χ4v) is 0.896. The molecule has 0 aliphatic rings. The van der Waals surface area contributed by atoms with Crippen LogP contribution in [0.2, 0.25) is 0 Å². The standard InChI is InChI=1S/C7H10N2O2/c1-4-2-6(10)5(3-8)7(11)9-4/h2H,3,8H2,1H3,(H2,9,10,11). The number of aryl methyl sites for hydroxylation is 1. The Morgan fingerprint density at radius 2 is 2.36 bits per heavy atom. The predicted octanol–water partition coefficient (Wildman–Crippen LogP) is -0.152. The molecule has 4 N–H and O–H groups in total. The minimum Gasteiger partial charge on any atom is -0.507 e. The molecule has 0 spiro atoms. The highest BCUT2D eigenvalue weighted by molar-refractivity contribution is 5.30. The highest BCUT2D eigenvalue weighted by atomic mass is 16.3. The van der Waals surface area contributed by atoms with Gasteiger partial charge in [-0.05, 0) is 13.0 Å². The van der Waals surface area contributed by atoms with E-state index < -0.39 is 0 Å². The monoisotopic (exact) mass is 154 g/mol. The van der Waals surface area contributed by atoms with Crippen LogP contribution >= 0.6 is 0 Å². The molecule has 4 nitrogen and oxygen atoms in total. The van der Waals surface area contributed by atoms with Crippen LogP contribution in [0.25, 0.3) is 0 Å². The zero-order valence-electron chi connectivity index (χ0n) is 6.22. The highest BCUT2D eigenvalue weighted by Crippen LogP contribution is 2.10. The minimum atomic E-state index is -0.315. The van der Waals surface area contributed by atoms with Gasteiger partial charge >= 0.3 is 0 Å². The quantitative estimate of drug-likeness (QED) is 0.526. The molecule has 1 aromatic rings. The van der Waals surface area contributed by atoms with E-state index in [9.17, 15) is 9.90 Å². The Bertz CT molecular complexity index is 317. The summed E-state index contributed by atoms with van der Waals surface area (Å²) in [5.41, 5.74) is 5.77. The predicted molar refractivity (Wildman–Crippen MR) is 41.4 cm³/mol. The van der Waals surface area contributed by atoms with E-state index in [1.807, 2.05) is 0 Å². The molecular weight excluding hydrogens is 144 g/mol. The van der Waals surface area contributed by atoms with Crippen molar-refractivity contribution in [2.24, 2.45) is 5.73 Å². The van der Waals surface area contributed by atoms with Crippen molar-refractivity contribution in [3.8, 4) is 5.75 Å². The van der Waals surface area contributed by atoms with Crippen molar-refractivity contribution in [1.82, 2.24) is 4.98 Å². The molecule has 60 valence electrons. The molecule has 0 saturated heterocycles.